The highest BCUT2D eigenvalue weighted by Crippen LogP contribution is 2.28. The van der Waals surface area contributed by atoms with Crippen LogP contribution in [0.1, 0.15) is 58.3 Å². The zero-order chi connectivity index (χ0) is 13.4. The van der Waals surface area contributed by atoms with E-state index in [1.54, 1.807) is 4.90 Å². The van der Waals surface area contributed by atoms with Crippen molar-refractivity contribution in [1.82, 2.24) is 4.90 Å². The summed E-state index contributed by atoms with van der Waals surface area (Å²) in [4.78, 5) is 24.0. The number of hydrogen-bond acceptors (Lipinski definition) is 2. The smallest absolute Gasteiger partial charge is 0.305 e. The molecule has 0 bridgehead atoms. The molecule has 1 N–H and O–H groups in total. The zero-order valence-corrected chi connectivity index (χ0v) is 11.4. The third-order valence-corrected chi connectivity index (χ3v) is 3.81. The van der Waals surface area contributed by atoms with Crippen molar-refractivity contribution in [1.29, 1.82) is 0 Å². The van der Waals surface area contributed by atoms with Gasteiger partial charge in [0, 0.05) is 19.5 Å². The third-order valence-electron chi connectivity index (χ3n) is 3.81. The molecule has 0 aromatic carbocycles. The van der Waals surface area contributed by atoms with Crippen molar-refractivity contribution in [3.8, 4) is 0 Å². The molecule has 0 aromatic rings. The van der Waals surface area contributed by atoms with E-state index in [9.17, 15) is 9.59 Å². The highest BCUT2D eigenvalue weighted by molar-refractivity contribution is 5.77. The number of rotatable bonds is 8. The molecule has 1 rings (SSSR count). The maximum Gasteiger partial charge on any atom is 0.305 e. The molecule has 1 aliphatic carbocycles. The number of amides is 1. The lowest BCUT2D eigenvalue weighted by atomic mass is 10.0. The summed E-state index contributed by atoms with van der Waals surface area (Å²) >= 11 is 0. The fraction of sp³-hybridized carbons (Fsp3) is 0.857. The molecule has 1 saturated carbocycles. The van der Waals surface area contributed by atoms with Gasteiger partial charge in [0.1, 0.15) is 0 Å². The maximum absolute atomic E-state index is 11.9. The molecule has 104 valence electrons. The van der Waals surface area contributed by atoms with Gasteiger partial charge < -0.3 is 10.0 Å². The third kappa shape index (κ3) is 5.52. The van der Waals surface area contributed by atoms with Crippen LogP contribution in [0.2, 0.25) is 0 Å². The molecule has 0 aliphatic heterocycles. The molecule has 1 amide bonds. The minimum atomic E-state index is -0.841. The van der Waals surface area contributed by atoms with Crippen molar-refractivity contribution in [2.75, 3.05) is 13.1 Å². The lowest BCUT2D eigenvalue weighted by molar-refractivity contribution is -0.138. The van der Waals surface area contributed by atoms with Crippen LogP contribution >= 0.6 is 0 Å². The number of carboxylic acids is 1. The van der Waals surface area contributed by atoms with Gasteiger partial charge in [-0.25, -0.2) is 0 Å². The van der Waals surface area contributed by atoms with E-state index >= 15 is 0 Å². The molecule has 0 heterocycles. The molecule has 0 atom stereocenters. The van der Waals surface area contributed by atoms with Crippen LogP contribution in [0.25, 0.3) is 0 Å². The van der Waals surface area contributed by atoms with E-state index in [0.717, 1.165) is 18.8 Å². The van der Waals surface area contributed by atoms with Crippen LogP contribution in [0.15, 0.2) is 0 Å². The zero-order valence-electron chi connectivity index (χ0n) is 11.4. The first-order chi connectivity index (χ1) is 8.63. The fourth-order valence-electron chi connectivity index (χ4n) is 2.69. The molecular formula is C14H25NO3. The van der Waals surface area contributed by atoms with Crippen molar-refractivity contribution in [3.05, 3.63) is 0 Å². The number of carbonyl (C=O) groups is 2. The summed E-state index contributed by atoms with van der Waals surface area (Å²) in [5, 5.41) is 8.62. The summed E-state index contributed by atoms with van der Waals surface area (Å²) in [6, 6.07) is 0. The summed E-state index contributed by atoms with van der Waals surface area (Å²) in [5.41, 5.74) is 0. The van der Waals surface area contributed by atoms with E-state index in [-0.39, 0.29) is 12.3 Å². The Bertz CT molecular complexity index is 272. The quantitative estimate of drug-likeness (QED) is 0.725. The van der Waals surface area contributed by atoms with Gasteiger partial charge in [0.05, 0.1) is 6.42 Å². The molecule has 0 radical (unpaired) electrons. The Hall–Kier alpha value is -1.06. The minimum Gasteiger partial charge on any atom is -0.481 e. The standard InChI is InChI=1S/C14H25NO3/c1-2-15(11-10-14(17)18)13(16)9-5-8-12-6-3-4-7-12/h12H,2-11H2,1H3,(H,17,18). The molecule has 0 spiro atoms. The molecule has 0 aromatic heterocycles. The van der Waals surface area contributed by atoms with Gasteiger partial charge >= 0.3 is 5.97 Å². The van der Waals surface area contributed by atoms with Gasteiger partial charge in [0.15, 0.2) is 0 Å². The number of hydrogen-bond donors (Lipinski definition) is 1. The van der Waals surface area contributed by atoms with Gasteiger partial charge in [-0.1, -0.05) is 25.7 Å². The fourth-order valence-corrected chi connectivity index (χ4v) is 2.69. The highest BCUT2D eigenvalue weighted by atomic mass is 16.4. The van der Waals surface area contributed by atoms with Crippen LogP contribution in [0.5, 0.6) is 0 Å². The van der Waals surface area contributed by atoms with Crippen LogP contribution in [-0.4, -0.2) is 35.0 Å². The van der Waals surface area contributed by atoms with E-state index in [1.165, 1.54) is 25.7 Å². The van der Waals surface area contributed by atoms with Gasteiger partial charge in [0.2, 0.25) is 5.91 Å². The van der Waals surface area contributed by atoms with Gasteiger partial charge in [-0.05, 0) is 25.7 Å². The summed E-state index contributed by atoms with van der Waals surface area (Å²) < 4.78 is 0. The Labute approximate surface area is 109 Å². The van der Waals surface area contributed by atoms with Crippen LogP contribution in [-0.2, 0) is 9.59 Å². The van der Waals surface area contributed by atoms with E-state index in [1.807, 2.05) is 6.92 Å². The van der Waals surface area contributed by atoms with Crippen molar-refractivity contribution in [3.63, 3.8) is 0 Å². The summed E-state index contributed by atoms with van der Waals surface area (Å²) in [6.45, 7) is 2.85. The predicted octanol–water partition coefficient (Wildman–Crippen LogP) is 2.67. The minimum absolute atomic E-state index is 0.0439. The molecule has 0 saturated heterocycles. The SMILES string of the molecule is CCN(CCC(=O)O)C(=O)CCCC1CCCC1. The lowest BCUT2D eigenvalue weighted by Crippen LogP contribution is -2.32. The second kappa shape index (κ2) is 8.11. The van der Waals surface area contributed by atoms with E-state index in [2.05, 4.69) is 0 Å². The Morgan fingerprint density at radius 1 is 1.22 bits per heavy atom. The Morgan fingerprint density at radius 2 is 1.89 bits per heavy atom. The maximum atomic E-state index is 11.9. The summed E-state index contributed by atoms with van der Waals surface area (Å²) in [6.07, 6.45) is 8.06. The van der Waals surface area contributed by atoms with Gasteiger partial charge in [-0.3, -0.25) is 9.59 Å². The molecular weight excluding hydrogens is 230 g/mol. The highest BCUT2D eigenvalue weighted by Gasteiger charge is 2.17. The first-order valence-electron chi connectivity index (χ1n) is 7.13. The monoisotopic (exact) mass is 255 g/mol. The first-order valence-corrected chi connectivity index (χ1v) is 7.13. The molecule has 18 heavy (non-hydrogen) atoms. The van der Waals surface area contributed by atoms with E-state index in [0.29, 0.717) is 19.5 Å². The van der Waals surface area contributed by atoms with Crippen molar-refractivity contribution < 1.29 is 14.7 Å². The molecule has 1 fully saturated rings. The number of nitrogens with zero attached hydrogens (tertiary/aromatic N) is 1. The Kier molecular flexibility index (Phi) is 6.76. The Morgan fingerprint density at radius 3 is 2.44 bits per heavy atom. The number of aliphatic carboxylic acids is 1. The second-order valence-electron chi connectivity index (χ2n) is 5.16. The molecule has 1 aliphatic rings. The predicted molar refractivity (Wildman–Crippen MR) is 70.3 cm³/mol. The average molecular weight is 255 g/mol. The second-order valence-corrected chi connectivity index (χ2v) is 5.16. The van der Waals surface area contributed by atoms with Crippen molar-refractivity contribution >= 4 is 11.9 Å². The molecule has 0 unspecified atom stereocenters. The average Bonchev–Trinajstić information content (AvgIpc) is 2.82. The van der Waals surface area contributed by atoms with Crippen molar-refractivity contribution in [2.45, 2.75) is 58.3 Å². The first kappa shape index (κ1) is 15.0. The van der Waals surface area contributed by atoms with Crippen LogP contribution in [0.4, 0.5) is 0 Å². The summed E-state index contributed by atoms with van der Waals surface area (Å²) in [7, 11) is 0. The summed E-state index contributed by atoms with van der Waals surface area (Å²) in [5.74, 6) is 0.0934. The van der Waals surface area contributed by atoms with E-state index < -0.39 is 5.97 Å². The normalized spacial score (nSPS) is 15.8. The van der Waals surface area contributed by atoms with Crippen LogP contribution in [0.3, 0.4) is 0 Å². The van der Waals surface area contributed by atoms with E-state index in [4.69, 9.17) is 5.11 Å². The van der Waals surface area contributed by atoms with Crippen molar-refractivity contribution in [2.24, 2.45) is 5.92 Å². The van der Waals surface area contributed by atoms with Gasteiger partial charge in [-0.15, -0.1) is 0 Å². The number of carboxylic acid groups (broad SMARTS) is 1. The Balaban J connectivity index is 2.17. The lowest BCUT2D eigenvalue weighted by Gasteiger charge is -2.20. The van der Waals surface area contributed by atoms with Gasteiger partial charge in [0.25, 0.3) is 0 Å². The largest absolute Gasteiger partial charge is 0.481 e. The van der Waals surface area contributed by atoms with Gasteiger partial charge in [-0.2, -0.15) is 0 Å². The topological polar surface area (TPSA) is 57.6 Å². The van der Waals surface area contributed by atoms with Crippen LogP contribution < -0.4 is 0 Å². The van der Waals surface area contributed by atoms with Crippen LogP contribution in [0, 0.1) is 5.92 Å². The molecule has 4 heteroatoms. The number of carbonyl (C=O) groups excluding carboxylic acids is 1. The molecule has 4 nitrogen and oxygen atoms in total.